The Kier molecular flexibility index (Phi) is 4.91. The largest absolute Gasteiger partial charge is 0.300 e. The lowest BCUT2D eigenvalue weighted by atomic mass is 10.1. The van der Waals surface area contributed by atoms with E-state index in [4.69, 9.17) is 0 Å². The van der Waals surface area contributed by atoms with E-state index in [1.807, 2.05) is 6.07 Å². The van der Waals surface area contributed by atoms with E-state index in [1.54, 1.807) is 7.05 Å². The molecule has 0 radical (unpaired) electrons. The maximum Gasteiger partial charge on any atom is 0.264 e. The number of nitrogens with one attached hydrogen (secondary N) is 1. The highest BCUT2D eigenvalue weighted by Crippen LogP contribution is 2.27. The van der Waals surface area contributed by atoms with Crippen molar-refractivity contribution < 1.29 is 4.79 Å². The maximum absolute atomic E-state index is 12.5. The van der Waals surface area contributed by atoms with Gasteiger partial charge in [0.2, 0.25) is 5.91 Å². The molecule has 0 saturated carbocycles. The van der Waals surface area contributed by atoms with Crippen molar-refractivity contribution in [3.05, 3.63) is 46.6 Å². The van der Waals surface area contributed by atoms with E-state index in [-0.39, 0.29) is 18.0 Å². The highest BCUT2D eigenvalue weighted by atomic mass is 32.1. The Bertz CT molecular complexity index is 1220. The summed E-state index contributed by atoms with van der Waals surface area (Å²) in [5.74, 6) is -0.322. The third kappa shape index (κ3) is 3.53. The molecule has 28 heavy (non-hydrogen) atoms. The Hall–Kier alpha value is -3.07. The predicted octanol–water partition coefficient (Wildman–Crippen LogP) is 2.72. The third-order valence-electron chi connectivity index (χ3n) is 4.55. The Balaban J connectivity index is 1.50. The van der Waals surface area contributed by atoms with Crippen molar-refractivity contribution >= 4 is 43.6 Å². The zero-order valence-electron chi connectivity index (χ0n) is 15.7. The normalized spacial score (nSPS) is 11.4. The molecule has 0 bridgehead atoms. The number of aromatic nitrogens is 5. The maximum atomic E-state index is 12.5. The van der Waals surface area contributed by atoms with Gasteiger partial charge < -0.3 is 5.32 Å². The van der Waals surface area contributed by atoms with Crippen molar-refractivity contribution in [3.8, 4) is 0 Å². The minimum absolute atomic E-state index is 0.131. The first-order chi connectivity index (χ1) is 13.5. The topological polar surface area (TPSA) is 94.7 Å². The number of thiazole rings is 1. The fourth-order valence-corrected chi connectivity index (χ4v) is 4.00. The molecule has 0 spiro atoms. The molecule has 0 fully saturated rings. The minimum atomic E-state index is -0.322. The van der Waals surface area contributed by atoms with Crippen molar-refractivity contribution in [1.29, 1.82) is 0 Å². The number of carbonyl (C=O) groups excluding carboxylic acids is 1. The summed E-state index contributed by atoms with van der Waals surface area (Å²) in [6.45, 7) is 2.04. The number of aryl methyl sites for hydroxylation is 2. The number of hydrogen-bond acceptors (Lipinski definition) is 6. The van der Waals surface area contributed by atoms with Crippen LogP contribution < -0.4 is 10.9 Å². The van der Waals surface area contributed by atoms with Gasteiger partial charge in [-0.05, 0) is 30.5 Å². The lowest BCUT2D eigenvalue weighted by molar-refractivity contribution is -0.116. The molecule has 0 aliphatic rings. The van der Waals surface area contributed by atoms with Crippen molar-refractivity contribution in [1.82, 2.24) is 24.3 Å². The van der Waals surface area contributed by atoms with E-state index in [9.17, 15) is 9.59 Å². The molecule has 144 valence electrons. The Morgan fingerprint density at radius 2 is 2.18 bits per heavy atom. The highest BCUT2D eigenvalue weighted by molar-refractivity contribution is 7.22. The molecule has 4 rings (SSSR count). The smallest absolute Gasteiger partial charge is 0.264 e. The third-order valence-corrected chi connectivity index (χ3v) is 5.48. The average Bonchev–Trinajstić information content (AvgIpc) is 3.25. The van der Waals surface area contributed by atoms with Gasteiger partial charge in [0.1, 0.15) is 18.3 Å². The second-order valence-corrected chi connectivity index (χ2v) is 7.69. The van der Waals surface area contributed by atoms with E-state index < -0.39 is 0 Å². The van der Waals surface area contributed by atoms with Gasteiger partial charge in [0, 0.05) is 7.05 Å². The quantitative estimate of drug-likeness (QED) is 0.541. The molecule has 1 aromatic carbocycles. The zero-order chi connectivity index (χ0) is 19.7. The molecule has 1 N–H and O–H groups in total. The lowest BCUT2D eigenvalue weighted by Gasteiger charge is -2.05. The molecule has 3 heterocycles. The number of hydrogen-bond donors (Lipinski definition) is 1. The summed E-state index contributed by atoms with van der Waals surface area (Å²) in [6.07, 6.45) is 6.17. The second kappa shape index (κ2) is 7.51. The number of fused-ring (bicyclic) bond motifs is 2. The number of unbranched alkanes of at least 4 members (excludes halogenated alkanes) is 1. The standard InChI is InChI=1S/C19H20N6O2S/c1-3-4-5-12-6-7-14-15(8-12)28-19(22-14)23-16(26)10-25-11-20-17-13(18(25)27)9-21-24(17)2/h6-9,11H,3-5,10H2,1-2H3,(H,22,23,26). The van der Waals surface area contributed by atoms with Crippen LogP contribution in [0.3, 0.4) is 0 Å². The van der Waals surface area contributed by atoms with Crippen molar-refractivity contribution in [2.45, 2.75) is 32.7 Å². The van der Waals surface area contributed by atoms with Crippen LogP contribution >= 0.6 is 11.3 Å². The Morgan fingerprint density at radius 1 is 1.32 bits per heavy atom. The molecule has 3 aromatic heterocycles. The van der Waals surface area contributed by atoms with Gasteiger partial charge in [0.05, 0.1) is 16.4 Å². The van der Waals surface area contributed by atoms with Gasteiger partial charge in [-0.15, -0.1) is 0 Å². The summed E-state index contributed by atoms with van der Waals surface area (Å²) in [4.78, 5) is 33.5. The lowest BCUT2D eigenvalue weighted by Crippen LogP contribution is -2.27. The van der Waals surface area contributed by atoms with Crippen LogP contribution in [-0.4, -0.2) is 30.2 Å². The van der Waals surface area contributed by atoms with E-state index in [1.165, 1.54) is 38.7 Å². The molecule has 0 aliphatic heterocycles. The molecule has 4 aromatic rings. The van der Waals surface area contributed by atoms with Gasteiger partial charge in [0.25, 0.3) is 5.56 Å². The van der Waals surface area contributed by atoms with Gasteiger partial charge in [0.15, 0.2) is 10.8 Å². The minimum Gasteiger partial charge on any atom is -0.300 e. The molecule has 0 unspecified atom stereocenters. The molecular weight excluding hydrogens is 376 g/mol. The Morgan fingerprint density at radius 3 is 3.00 bits per heavy atom. The number of rotatable bonds is 6. The summed E-state index contributed by atoms with van der Waals surface area (Å²) in [6, 6.07) is 6.19. The summed E-state index contributed by atoms with van der Waals surface area (Å²) in [7, 11) is 1.71. The van der Waals surface area contributed by atoms with Gasteiger partial charge in [-0.2, -0.15) is 5.10 Å². The first-order valence-corrected chi connectivity index (χ1v) is 9.93. The molecule has 1 amide bonds. The van der Waals surface area contributed by atoms with Gasteiger partial charge in [-0.1, -0.05) is 30.7 Å². The summed E-state index contributed by atoms with van der Waals surface area (Å²) in [5.41, 5.74) is 2.33. The highest BCUT2D eigenvalue weighted by Gasteiger charge is 2.13. The van der Waals surface area contributed by atoms with E-state index >= 15 is 0 Å². The van der Waals surface area contributed by atoms with E-state index in [0.29, 0.717) is 16.2 Å². The monoisotopic (exact) mass is 396 g/mol. The van der Waals surface area contributed by atoms with Gasteiger partial charge >= 0.3 is 0 Å². The number of carbonyl (C=O) groups is 1. The summed E-state index contributed by atoms with van der Waals surface area (Å²) < 4.78 is 3.84. The van der Waals surface area contributed by atoms with Crippen LogP contribution in [0.15, 0.2) is 35.5 Å². The van der Waals surface area contributed by atoms with Crippen LogP contribution in [-0.2, 0) is 24.8 Å². The second-order valence-electron chi connectivity index (χ2n) is 6.66. The number of nitrogens with zero attached hydrogens (tertiary/aromatic N) is 5. The molecule has 0 saturated heterocycles. The summed E-state index contributed by atoms with van der Waals surface area (Å²) in [5, 5.41) is 7.72. The SMILES string of the molecule is CCCCc1ccc2nc(NC(=O)Cn3cnc4c(cnn4C)c3=O)sc2c1. The molecule has 0 atom stereocenters. The first kappa shape index (κ1) is 18.3. The van der Waals surface area contributed by atoms with E-state index in [0.717, 1.165) is 29.5 Å². The molecule has 8 nitrogen and oxygen atoms in total. The van der Waals surface area contributed by atoms with Crippen molar-refractivity contribution in [2.24, 2.45) is 7.05 Å². The Labute approximate surface area is 164 Å². The van der Waals surface area contributed by atoms with Crippen LogP contribution in [0.2, 0.25) is 0 Å². The zero-order valence-corrected chi connectivity index (χ0v) is 16.5. The van der Waals surface area contributed by atoms with E-state index in [2.05, 4.69) is 39.4 Å². The van der Waals surface area contributed by atoms with Gasteiger partial charge in [-0.3, -0.25) is 18.8 Å². The number of amides is 1. The molecule has 9 heteroatoms. The fraction of sp³-hybridized carbons (Fsp3) is 0.316. The number of anilines is 1. The van der Waals surface area contributed by atoms with Crippen LogP contribution in [0.1, 0.15) is 25.3 Å². The summed E-state index contributed by atoms with van der Waals surface area (Å²) >= 11 is 1.43. The van der Waals surface area contributed by atoms with Crippen LogP contribution in [0.5, 0.6) is 0 Å². The predicted molar refractivity (Wildman–Crippen MR) is 110 cm³/mol. The first-order valence-electron chi connectivity index (χ1n) is 9.11. The van der Waals surface area contributed by atoms with Crippen LogP contribution in [0.4, 0.5) is 5.13 Å². The molecule has 0 aliphatic carbocycles. The fourth-order valence-electron chi connectivity index (χ4n) is 3.05. The molecular formula is C19H20N6O2S. The average molecular weight is 396 g/mol. The van der Waals surface area contributed by atoms with Crippen molar-refractivity contribution in [2.75, 3.05) is 5.32 Å². The van der Waals surface area contributed by atoms with Crippen LogP contribution in [0, 0.1) is 0 Å². The number of benzene rings is 1. The van der Waals surface area contributed by atoms with Gasteiger partial charge in [-0.25, -0.2) is 9.97 Å². The van der Waals surface area contributed by atoms with Crippen molar-refractivity contribution in [3.63, 3.8) is 0 Å². The van der Waals surface area contributed by atoms with Crippen LogP contribution in [0.25, 0.3) is 21.3 Å².